The van der Waals surface area contributed by atoms with E-state index in [1.54, 1.807) is 0 Å². The summed E-state index contributed by atoms with van der Waals surface area (Å²) in [6, 6.07) is 0. The molecule has 0 unspecified atom stereocenters. The monoisotopic (exact) mass is 139 g/mol. The number of rotatable bonds is 4. The van der Waals surface area contributed by atoms with Crippen LogP contribution in [-0.2, 0) is 0 Å². The van der Waals surface area contributed by atoms with Crippen molar-refractivity contribution in [2.45, 2.75) is 33.4 Å². The molecule has 0 heterocycles. The normalized spacial score (nSPS) is 10.4. The van der Waals surface area contributed by atoms with Crippen molar-refractivity contribution in [3.05, 3.63) is 12.3 Å². The SMILES string of the molecule is CCCC=CN(C)B(C)C. The van der Waals surface area contributed by atoms with Gasteiger partial charge in [0.25, 0.3) is 0 Å². The zero-order chi connectivity index (χ0) is 7.98. The van der Waals surface area contributed by atoms with Crippen LogP contribution in [0, 0.1) is 0 Å². The fraction of sp³-hybridized carbons (Fsp3) is 0.750. The van der Waals surface area contributed by atoms with E-state index in [1.165, 1.54) is 12.8 Å². The zero-order valence-corrected chi connectivity index (χ0v) is 7.59. The van der Waals surface area contributed by atoms with Gasteiger partial charge in [-0.25, -0.2) is 0 Å². The molecule has 0 atom stereocenters. The third-order valence-electron chi connectivity index (χ3n) is 1.61. The first-order chi connectivity index (χ1) is 4.68. The predicted molar refractivity (Wildman–Crippen MR) is 49.3 cm³/mol. The Balaban J connectivity index is 3.45. The molecule has 0 aliphatic carbocycles. The first-order valence-corrected chi connectivity index (χ1v) is 4.07. The van der Waals surface area contributed by atoms with Crippen LogP contribution in [-0.4, -0.2) is 18.7 Å². The van der Waals surface area contributed by atoms with Gasteiger partial charge in [-0.15, -0.1) is 0 Å². The fourth-order valence-electron chi connectivity index (χ4n) is 0.580. The minimum Gasteiger partial charge on any atom is -0.424 e. The van der Waals surface area contributed by atoms with E-state index in [4.69, 9.17) is 0 Å². The largest absolute Gasteiger partial charge is 0.424 e. The van der Waals surface area contributed by atoms with Crippen LogP contribution in [0.2, 0.25) is 13.6 Å². The second-order valence-corrected chi connectivity index (χ2v) is 2.93. The number of hydrogen-bond donors (Lipinski definition) is 0. The molecular weight excluding hydrogens is 121 g/mol. The molecule has 0 aromatic rings. The van der Waals surface area contributed by atoms with Crippen LogP contribution in [0.5, 0.6) is 0 Å². The van der Waals surface area contributed by atoms with E-state index in [1.807, 2.05) is 0 Å². The minimum absolute atomic E-state index is 0.619. The second kappa shape index (κ2) is 5.39. The van der Waals surface area contributed by atoms with Gasteiger partial charge in [0.1, 0.15) is 0 Å². The zero-order valence-electron chi connectivity index (χ0n) is 7.59. The summed E-state index contributed by atoms with van der Waals surface area (Å²) in [4.78, 5) is 2.22. The maximum atomic E-state index is 2.22. The molecule has 0 spiro atoms. The van der Waals surface area contributed by atoms with Gasteiger partial charge in [0.15, 0.2) is 0 Å². The average molecular weight is 139 g/mol. The van der Waals surface area contributed by atoms with E-state index in [2.05, 4.69) is 44.7 Å². The fourth-order valence-corrected chi connectivity index (χ4v) is 0.580. The lowest BCUT2D eigenvalue weighted by Crippen LogP contribution is -2.24. The van der Waals surface area contributed by atoms with Crippen LogP contribution in [0.3, 0.4) is 0 Å². The summed E-state index contributed by atoms with van der Waals surface area (Å²) in [5, 5.41) is 0. The van der Waals surface area contributed by atoms with E-state index >= 15 is 0 Å². The summed E-state index contributed by atoms with van der Waals surface area (Å²) in [6.07, 6.45) is 6.81. The topological polar surface area (TPSA) is 3.24 Å². The Morgan fingerprint density at radius 3 is 2.40 bits per heavy atom. The smallest absolute Gasteiger partial charge is 0.247 e. The van der Waals surface area contributed by atoms with Crippen molar-refractivity contribution in [1.82, 2.24) is 4.81 Å². The lowest BCUT2D eigenvalue weighted by Gasteiger charge is -2.15. The van der Waals surface area contributed by atoms with Crippen LogP contribution in [0.1, 0.15) is 19.8 Å². The summed E-state index contributed by atoms with van der Waals surface area (Å²) in [5.74, 6) is 0. The Hall–Kier alpha value is -0.395. The maximum Gasteiger partial charge on any atom is 0.247 e. The number of hydrogen-bond acceptors (Lipinski definition) is 1. The highest BCUT2D eigenvalue weighted by molar-refractivity contribution is 6.52. The van der Waals surface area contributed by atoms with Crippen molar-refractivity contribution in [2.75, 3.05) is 7.05 Å². The number of unbranched alkanes of at least 4 members (excludes halogenated alkanes) is 1. The molecule has 0 radical (unpaired) electrons. The molecule has 0 aromatic heterocycles. The first kappa shape index (κ1) is 9.60. The molecule has 10 heavy (non-hydrogen) atoms. The quantitative estimate of drug-likeness (QED) is 0.541. The van der Waals surface area contributed by atoms with Crippen LogP contribution < -0.4 is 0 Å². The summed E-state index contributed by atoms with van der Waals surface area (Å²) in [6.45, 7) is 7.19. The van der Waals surface area contributed by atoms with Gasteiger partial charge < -0.3 is 4.81 Å². The summed E-state index contributed by atoms with van der Waals surface area (Å²) in [7, 11) is 2.11. The van der Waals surface area contributed by atoms with E-state index in [0.717, 1.165) is 0 Å². The van der Waals surface area contributed by atoms with Crippen LogP contribution >= 0.6 is 0 Å². The van der Waals surface area contributed by atoms with E-state index in [9.17, 15) is 0 Å². The predicted octanol–water partition coefficient (Wildman–Crippen LogP) is 2.48. The third kappa shape index (κ3) is 4.48. The third-order valence-corrected chi connectivity index (χ3v) is 1.61. The Morgan fingerprint density at radius 2 is 2.00 bits per heavy atom. The highest BCUT2D eigenvalue weighted by Gasteiger charge is 1.99. The molecule has 0 aliphatic rings. The molecule has 58 valence electrons. The highest BCUT2D eigenvalue weighted by atomic mass is 15.0. The highest BCUT2D eigenvalue weighted by Crippen LogP contribution is 1.94. The van der Waals surface area contributed by atoms with Crippen molar-refractivity contribution in [2.24, 2.45) is 0 Å². The van der Waals surface area contributed by atoms with E-state index in [-0.39, 0.29) is 0 Å². The first-order valence-electron chi connectivity index (χ1n) is 4.07. The molecule has 0 rings (SSSR count). The van der Waals surface area contributed by atoms with Gasteiger partial charge in [0, 0.05) is 0 Å². The second-order valence-electron chi connectivity index (χ2n) is 2.93. The lowest BCUT2D eigenvalue weighted by atomic mass is 9.67. The molecule has 1 nitrogen and oxygen atoms in total. The van der Waals surface area contributed by atoms with E-state index in [0.29, 0.717) is 6.85 Å². The number of allylic oxidation sites excluding steroid dienone is 1. The molecule has 0 saturated carbocycles. The van der Waals surface area contributed by atoms with Gasteiger partial charge in [0.2, 0.25) is 6.85 Å². The average Bonchev–Trinajstić information content (AvgIpc) is 1.88. The van der Waals surface area contributed by atoms with Gasteiger partial charge >= 0.3 is 0 Å². The molecule has 0 N–H and O–H groups in total. The van der Waals surface area contributed by atoms with Crippen molar-refractivity contribution in [3.8, 4) is 0 Å². The van der Waals surface area contributed by atoms with Gasteiger partial charge in [-0.05, 0) is 19.7 Å². The Labute approximate surface area is 65.2 Å². The van der Waals surface area contributed by atoms with Crippen molar-refractivity contribution in [3.63, 3.8) is 0 Å². The molecule has 0 aromatic carbocycles. The van der Waals surface area contributed by atoms with Crippen LogP contribution in [0.4, 0.5) is 0 Å². The molecule has 0 aliphatic heterocycles. The molecule has 0 saturated heterocycles. The molecule has 0 fully saturated rings. The van der Waals surface area contributed by atoms with Gasteiger partial charge in [-0.2, -0.15) is 0 Å². The Kier molecular flexibility index (Phi) is 5.18. The maximum absolute atomic E-state index is 2.22. The van der Waals surface area contributed by atoms with Crippen molar-refractivity contribution in [1.29, 1.82) is 0 Å². The summed E-state index contributed by atoms with van der Waals surface area (Å²) < 4.78 is 0. The van der Waals surface area contributed by atoms with Crippen LogP contribution in [0.25, 0.3) is 0 Å². The van der Waals surface area contributed by atoms with Crippen molar-refractivity contribution >= 4 is 6.85 Å². The van der Waals surface area contributed by atoms with Gasteiger partial charge in [0.05, 0.1) is 0 Å². The van der Waals surface area contributed by atoms with E-state index < -0.39 is 0 Å². The molecular formula is C8H18BN. The Morgan fingerprint density at radius 1 is 1.40 bits per heavy atom. The molecule has 0 bridgehead atoms. The minimum atomic E-state index is 0.619. The van der Waals surface area contributed by atoms with Crippen molar-refractivity contribution < 1.29 is 0 Å². The molecule has 2 heteroatoms. The standard InChI is InChI=1S/C8H18BN/c1-5-6-7-8-10(4)9(2)3/h7-8H,5-6H2,1-4H3. The molecule has 0 amide bonds. The lowest BCUT2D eigenvalue weighted by molar-refractivity contribution is 0.708. The summed E-state index contributed by atoms with van der Waals surface area (Å²) in [5.41, 5.74) is 0. The number of nitrogens with zero attached hydrogens (tertiary/aromatic N) is 1. The summed E-state index contributed by atoms with van der Waals surface area (Å²) >= 11 is 0. The van der Waals surface area contributed by atoms with Gasteiger partial charge in [-0.3, -0.25) is 0 Å². The van der Waals surface area contributed by atoms with Crippen LogP contribution in [0.15, 0.2) is 12.3 Å². The Bertz CT molecular complexity index is 99.4. The van der Waals surface area contributed by atoms with Gasteiger partial charge in [-0.1, -0.05) is 33.1 Å².